The van der Waals surface area contributed by atoms with E-state index in [0.717, 1.165) is 19.5 Å². The Labute approximate surface area is 147 Å². The van der Waals surface area contributed by atoms with Crippen LogP contribution in [0.2, 0.25) is 0 Å². The molecule has 0 saturated carbocycles. The van der Waals surface area contributed by atoms with E-state index in [4.69, 9.17) is 4.42 Å². The van der Waals surface area contributed by atoms with Crippen LogP contribution in [0.5, 0.6) is 0 Å². The normalized spacial score (nSPS) is 17.4. The van der Waals surface area contributed by atoms with Gasteiger partial charge in [0, 0.05) is 19.4 Å². The molecule has 1 unspecified atom stereocenters. The Morgan fingerprint density at radius 3 is 3.08 bits per heavy atom. The molecule has 6 heteroatoms. The molecule has 2 N–H and O–H groups in total. The Kier molecular flexibility index (Phi) is 6.17. The number of piperidine rings is 1. The minimum atomic E-state index is -0.347. The lowest BCUT2D eigenvalue weighted by atomic mass is 9.96. The number of aryl methyl sites for hydroxylation is 1. The zero-order valence-electron chi connectivity index (χ0n) is 14.3. The van der Waals surface area contributed by atoms with Crippen LogP contribution in [0.15, 0.2) is 34.9 Å². The topological polar surface area (TPSA) is 67.2 Å². The van der Waals surface area contributed by atoms with Crippen LogP contribution < -0.4 is 10.6 Å². The fourth-order valence-corrected chi connectivity index (χ4v) is 3.11. The molecule has 0 spiro atoms. The van der Waals surface area contributed by atoms with Crippen LogP contribution in [0.4, 0.5) is 4.39 Å². The van der Waals surface area contributed by atoms with Gasteiger partial charge in [0.05, 0.1) is 11.8 Å². The summed E-state index contributed by atoms with van der Waals surface area (Å²) in [5.41, 5.74) is 0.381. The SMILES string of the molecule is O=C(CCc1ncc(-c2ccccc2F)o1)NCCC1CCCNC1. The summed E-state index contributed by atoms with van der Waals surface area (Å²) in [6.07, 6.45) is 5.69. The second kappa shape index (κ2) is 8.76. The molecule has 1 aliphatic heterocycles. The standard InChI is InChI=1S/C19H24FN3O2/c20-16-6-2-1-5-15(16)17-13-23-19(25-17)8-7-18(24)22-11-9-14-4-3-10-21-12-14/h1-2,5-6,13-14,21H,3-4,7-12H2,(H,22,24). The number of aromatic nitrogens is 1. The van der Waals surface area contributed by atoms with Crippen molar-refractivity contribution < 1.29 is 13.6 Å². The predicted molar refractivity (Wildman–Crippen MR) is 93.4 cm³/mol. The summed E-state index contributed by atoms with van der Waals surface area (Å²) in [5, 5.41) is 6.33. The van der Waals surface area contributed by atoms with Crippen molar-refractivity contribution in [2.75, 3.05) is 19.6 Å². The van der Waals surface area contributed by atoms with Crippen LogP contribution >= 0.6 is 0 Å². The van der Waals surface area contributed by atoms with Gasteiger partial charge in [-0.3, -0.25) is 4.79 Å². The smallest absolute Gasteiger partial charge is 0.220 e. The minimum absolute atomic E-state index is 0.00518. The molecule has 0 radical (unpaired) electrons. The third kappa shape index (κ3) is 5.13. The van der Waals surface area contributed by atoms with Crippen molar-refractivity contribution in [3.63, 3.8) is 0 Å². The Bertz CT molecular complexity index is 695. The highest BCUT2D eigenvalue weighted by molar-refractivity contribution is 5.76. The first-order chi connectivity index (χ1) is 12.2. The summed E-state index contributed by atoms with van der Waals surface area (Å²) in [6, 6.07) is 6.40. The molecule has 1 amide bonds. The maximum absolute atomic E-state index is 13.7. The lowest BCUT2D eigenvalue weighted by molar-refractivity contribution is -0.121. The molecule has 2 aromatic rings. The van der Waals surface area contributed by atoms with Gasteiger partial charge in [-0.1, -0.05) is 12.1 Å². The molecule has 5 nitrogen and oxygen atoms in total. The van der Waals surface area contributed by atoms with Crippen LogP contribution in [0.3, 0.4) is 0 Å². The van der Waals surface area contributed by atoms with Gasteiger partial charge in [0.15, 0.2) is 11.7 Å². The zero-order valence-corrected chi connectivity index (χ0v) is 14.3. The molecule has 0 bridgehead atoms. The van der Waals surface area contributed by atoms with E-state index in [2.05, 4.69) is 15.6 Å². The number of halogens is 1. The first-order valence-electron chi connectivity index (χ1n) is 8.89. The number of carbonyl (C=O) groups is 1. The molecule has 1 aliphatic rings. The average Bonchev–Trinajstić information content (AvgIpc) is 3.10. The van der Waals surface area contributed by atoms with Gasteiger partial charge in [-0.2, -0.15) is 0 Å². The first-order valence-corrected chi connectivity index (χ1v) is 8.89. The predicted octanol–water partition coefficient (Wildman–Crippen LogP) is 2.92. The monoisotopic (exact) mass is 345 g/mol. The van der Waals surface area contributed by atoms with Crippen LogP contribution in [-0.4, -0.2) is 30.5 Å². The number of hydrogen-bond acceptors (Lipinski definition) is 4. The van der Waals surface area contributed by atoms with Gasteiger partial charge in [0.25, 0.3) is 0 Å². The molecule has 1 saturated heterocycles. The quantitative estimate of drug-likeness (QED) is 0.810. The molecule has 1 fully saturated rings. The van der Waals surface area contributed by atoms with Gasteiger partial charge in [0.2, 0.25) is 5.91 Å². The van der Waals surface area contributed by atoms with E-state index in [1.807, 2.05) is 0 Å². The summed E-state index contributed by atoms with van der Waals surface area (Å²) in [5.74, 6) is 1.14. The van der Waals surface area contributed by atoms with E-state index >= 15 is 0 Å². The molecular weight excluding hydrogens is 321 g/mol. The second-order valence-electron chi connectivity index (χ2n) is 6.45. The molecule has 0 aliphatic carbocycles. The lowest BCUT2D eigenvalue weighted by Gasteiger charge is -2.22. The molecule has 1 atom stereocenters. The third-order valence-electron chi connectivity index (χ3n) is 4.53. The molecule has 3 rings (SSSR count). The Balaban J connectivity index is 1.41. The molecule has 1 aromatic carbocycles. The number of nitrogens with zero attached hydrogens (tertiary/aromatic N) is 1. The van der Waals surface area contributed by atoms with Crippen molar-refractivity contribution in [2.24, 2.45) is 5.92 Å². The van der Waals surface area contributed by atoms with E-state index in [9.17, 15) is 9.18 Å². The zero-order chi connectivity index (χ0) is 17.5. The second-order valence-corrected chi connectivity index (χ2v) is 6.45. The average molecular weight is 345 g/mol. The van der Waals surface area contributed by atoms with Gasteiger partial charge in [-0.05, 0) is 50.4 Å². The first kappa shape index (κ1) is 17.6. The fourth-order valence-electron chi connectivity index (χ4n) is 3.11. The Morgan fingerprint density at radius 2 is 2.28 bits per heavy atom. The number of rotatable bonds is 7. The maximum Gasteiger partial charge on any atom is 0.220 e. The Hall–Kier alpha value is -2.21. The van der Waals surface area contributed by atoms with Gasteiger partial charge >= 0.3 is 0 Å². The highest BCUT2D eigenvalue weighted by Gasteiger charge is 2.14. The van der Waals surface area contributed by atoms with Crippen LogP contribution in [0.1, 0.15) is 31.6 Å². The Morgan fingerprint density at radius 1 is 1.40 bits per heavy atom. The molecular formula is C19H24FN3O2. The summed E-state index contributed by atoms with van der Waals surface area (Å²) in [4.78, 5) is 16.1. The van der Waals surface area contributed by atoms with Crippen LogP contribution in [0.25, 0.3) is 11.3 Å². The van der Waals surface area contributed by atoms with Crippen LogP contribution in [-0.2, 0) is 11.2 Å². The number of amides is 1. The van der Waals surface area contributed by atoms with E-state index in [-0.39, 0.29) is 11.7 Å². The van der Waals surface area contributed by atoms with Crippen molar-refractivity contribution in [1.29, 1.82) is 0 Å². The minimum Gasteiger partial charge on any atom is -0.441 e. The summed E-state index contributed by atoms with van der Waals surface area (Å²) in [6.45, 7) is 2.86. The van der Waals surface area contributed by atoms with Gasteiger partial charge in [-0.25, -0.2) is 9.37 Å². The summed E-state index contributed by atoms with van der Waals surface area (Å²) in [7, 11) is 0. The van der Waals surface area contributed by atoms with Crippen molar-refractivity contribution >= 4 is 5.91 Å². The highest BCUT2D eigenvalue weighted by Crippen LogP contribution is 2.23. The third-order valence-corrected chi connectivity index (χ3v) is 4.53. The van der Waals surface area contributed by atoms with Crippen molar-refractivity contribution in [2.45, 2.75) is 32.1 Å². The van der Waals surface area contributed by atoms with Crippen LogP contribution in [0, 0.1) is 11.7 Å². The lowest BCUT2D eigenvalue weighted by Crippen LogP contribution is -2.33. The van der Waals surface area contributed by atoms with Crippen molar-refractivity contribution in [1.82, 2.24) is 15.6 Å². The summed E-state index contributed by atoms with van der Waals surface area (Å²) < 4.78 is 19.3. The number of nitrogens with one attached hydrogen (secondary N) is 2. The highest BCUT2D eigenvalue weighted by atomic mass is 19.1. The van der Waals surface area contributed by atoms with E-state index in [1.54, 1.807) is 18.2 Å². The van der Waals surface area contributed by atoms with E-state index in [1.165, 1.54) is 25.1 Å². The molecule has 1 aromatic heterocycles. The number of carbonyl (C=O) groups excluding carboxylic acids is 1. The number of hydrogen-bond donors (Lipinski definition) is 2. The van der Waals surface area contributed by atoms with Crippen molar-refractivity contribution in [3.05, 3.63) is 42.2 Å². The molecule has 25 heavy (non-hydrogen) atoms. The molecule has 2 heterocycles. The molecule has 134 valence electrons. The fraction of sp³-hybridized carbons (Fsp3) is 0.474. The van der Waals surface area contributed by atoms with Crippen molar-refractivity contribution in [3.8, 4) is 11.3 Å². The maximum atomic E-state index is 13.7. The van der Waals surface area contributed by atoms with E-state index < -0.39 is 0 Å². The van der Waals surface area contributed by atoms with E-state index in [0.29, 0.717) is 42.5 Å². The van der Waals surface area contributed by atoms with Gasteiger partial charge < -0.3 is 15.1 Å². The summed E-state index contributed by atoms with van der Waals surface area (Å²) >= 11 is 0. The van der Waals surface area contributed by atoms with Gasteiger partial charge in [-0.15, -0.1) is 0 Å². The number of oxazole rings is 1. The van der Waals surface area contributed by atoms with Gasteiger partial charge in [0.1, 0.15) is 5.82 Å². The largest absolute Gasteiger partial charge is 0.441 e. The number of benzene rings is 1.